The fourth-order valence-corrected chi connectivity index (χ4v) is 1.32. The lowest BCUT2D eigenvalue weighted by atomic mass is 10.2. The number of rotatable bonds is 3. The van der Waals surface area contributed by atoms with Crippen LogP contribution in [-0.2, 0) is 4.74 Å². The van der Waals surface area contributed by atoms with Crippen LogP contribution < -0.4 is 0 Å². The van der Waals surface area contributed by atoms with Gasteiger partial charge in [-0.2, -0.15) is 4.98 Å². The number of carbonyl (C=O) groups excluding carboxylic acids is 1. The Kier molecular flexibility index (Phi) is 3.13. The standard InChI is InChI=1S/C11H11N3O3/c1-3-16-11(15)9-13-10(17-14-9)8-5-4-6-12-7(8)2/h4-6H,3H2,1-2H3. The second kappa shape index (κ2) is 4.73. The van der Waals surface area contributed by atoms with Crippen molar-refractivity contribution in [1.29, 1.82) is 0 Å². The number of ether oxygens (including phenoxy) is 1. The van der Waals surface area contributed by atoms with Gasteiger partial charge in [-0.1, -0.05) is 0 Å². The average Bonchev–Trinajstić information content (AvgIpc) is 2.79. The molecule has 6 heteroatoms. The first kappa shape index (κ1) is 11.3. The first-order chi connectivity index (χ1) is 8.22. The lowest BCUT2D eigenvalue weighted by Crippen LogP contribution is -2.06. The third-order valence-electron chi connectivity index (χ3n) is 2.12. The molecule has 0 saturated heterocycles. The number of hydrogen-bond donors (Lipinski definition) is 0. The zero-order chi connectivity index (χ0) is 12.3. The van der Waals surface area contributed by atoms with Crippen LogP contribution >= 0.6 is 0 Å². The van der Waals surface area contributed by atoms with Crippen molar-refractivity contribution in [2.45, 2.75) is 13.8 Å². The van der Waals surface area contributed by atoms with E-state index in [1.54, 1.807) is 25.3 Å². The summed E-state index contributed by atoms with van der Waals surface area (Å²) in [4.78, 5) is 19.4. The van der Waals surface area contributed by atoms with E-state index in [1.807, 2.05) is 6.92 Å². The van der Waals surface area contributed by atoms with Gasteiger partial charge in [-0.25, -0.2) is 4.79 Å². The maximum atomic E-state index is 11.4. The van der Waals surface area contributed by atoms with Crippen molar-refractivity contribution < 1.29 is 14.1 Å². The normalized spacial score (nSPS) is 10.2. The Morgan fingerprint density at radius 1 is 1.53 bits per heavy atom. The summed E-state index contributed by atoms with van der Waals surface area (Å²) in [5, 5.41) is 3.56. The predicted octanol–water partition coefficient (Wildman–Crippen LogP) is 1.62. The van der Waals surface area contributed by atoms with Crippen molar-refractivity contribution in [1.82, 2.24) is 15.1 Å². The smallest absolute Gasteiger partial charge is 0.379 e. The Morgan fingerprint density at radius 3 is 3.06 bits per heavy atom. The lowest BCUT2D eigenvalue weighted by Gasteiger charge is -1.97. The molecule has 0 aliphatic heterocycles. The number of esters is 1. The molecule has 0 saturated carbocycles. The molecule has 0 amide bonds. The molecule has 6 nitrogen and oxygen atoms in total. The van der Waals surface area contributed by atoms with Crippen molar-refractivity contribution in [2.24, 2.45) is 0 Å². The minimum atomic E-state index is -0.593. The van der Waals surface area contributed by atoms with Crippen LogP contribution in [0.5, 0.6) is 0 Å². The van der Waals surface area contributed by atoms with E-state index in [9.17, 15) is 4.79 Å². The van der Waals surface area contributed by atoms with Gasteiger partial charge in [0.15, 0.2) is 0 Å². The summed E-state index contributed by atoms with van der Waals surface area (Å²) in [6.07, 6.45) is 1.67. The molecule has 88 valence electrons. The van der Waals surface area contributed by atoms with Gasteiger partial charge in [-0.3, -0.25) is 4.98 Å². The maximum absolute atomic E-state index is 11.4. The second-order valence-electron chi connectivity index (χ2n) is 3.28. The van der Waals surface area contributed by atoms with Crippen molar-refractivity contribution in [3.05, 3.63) is 29.8 Å². The van der Waals surface area contributed by atoms with Gasteiger partial charge in [0.1, 0.15) is 0 Å². The van der Waals surface area contributed by atoms with Gasteiger partial charge in [-0.05, 0) is 31.1 Å². The summed E-state index contributed by atoms with van der Waals surface area (Å²) in [6.45, 7) is 3.81. The van der Waals surface area contributed by atoms with E-state index in [2.05, 4.69) is 15.1 Å². The lowest BCUT2D eigenvalue weighted by molar-refractivity contribution is 0.0508. The minimum absolute atomic E-state index is 0.0786. The van der Waals surface area contributed by atoms with Gasteiger partial charge < -0.3 is 9.26 Å². The molecule has 0 aromatic carbocycles. The van der Waals surface area contributed by atoms with Crippen LogP contribution in [-0.4, -0.2) is 27.7 Å². The maximum Gasteiger partial charge on any atom is 0.379 e. The molecule has 2 aromatic heterocycles. The molecular formula is C11H11N3O3. The molecule has 0 aliphatic carbocycles. The number of carbonyl (C=O) groups is 1. The highest BCUT2D eigenvalue weighted by Gasteiger charge is 2.17. The Hall–Kier alpha value is -2.24. The molecule has 0 unspecified atom stereocenters. The van der Waals surface area contributed by atoms with Crippen LogP contribution in [0.2, 0.25) is 0 Å². The van der Waals surface area contributed by atoms with E-state index in [-0.39, 0.29) is 18.3 Å². The van der Waals surface area contributed by atoms with Gasteiger partial charge >= 0.3 is 5.97 Å². The quantitative estimate of drug-likeness (QED) is 0.749. The van der Waals surface area contributed by atoms with Gasteiger partial charge in [0.2, 0.25) is 0 Å². The van der Waals surface area contributed by atoms with Crippen molar-refractivity contribution in [3.8, 4) is 11.5 Å². The highest BCUT2D eigenvalue weighted by atomic mass is 16.5. The van der Waals surface area contributed by atoms with Crippen LogP contribution in [0.1, 0.15) is 23.2 Å². The summed E-state index contributed by atoms with van der Waals surface area (Å²) in [6, 6.07) is 3.56. The molecule has 0 atom stereocenters. The third-order valence-corrected chi connectivity index (χ3v) is 2.12. The molecule has 0 bridgehead atoms. The molecule has 2 aromatic rings. The zero-order valence-corrected chi connectivity index (χ0v) is 9.51. The zero-order valence-electron chi connectivity index (χ0n) is 9.51. The number of aryl methyl sites for hydroxylation is 1. The van der Waals surface area contributed by atoms with Crippen molar-refractivity contribution >= 4 is 5.97 Å². The largest absolute Gasteiger partial charge is 0.460 e. The fraction of sp³-hybridized carbons (Fsp3) is 0.273. The minimum Gasteiger partial charge on any atom is -0.460 e. The number of hydrogen-bond acceptors (Lipinski definition) is 6. The molecule has 0 aliphatic rings. The van der Waals surface area contributed by atoms with Gasteiger partial charge in [0.25, 0.3) is 11.7 Å². The molecule has 17 heavy (non-hydrogen) atoms. The van der Waals surface area contributed by atoms with E-state index in [0.29, 0.717) is 5.56 Å². The van der Waals surface area contributed by atoms with Gasteiger partial charge in [0, 0.05) is 11.9 Å². The van der Waals surface area contributed by atoms with Crippen LogP contribution in [0.4, 0.5) is 0 Å². The number of pyridine rings is 1. The van der Waals surface area contributed by atoms with Crippen molar-refractivity contribution in [3.63, 3.8) is 0 Å². The van der Waals surface area contributed by atoms with Gasteiger partial charge in [-0.15, -0.1) is 0 Å². The van der Waals surface area contributed by atoms with Crippen LogP contribution in [0.25, 0.3) is 11.5 Å². The predicted molar refractivity (Wildman–Crippen MR) is 58.2 cm³/mol. The molecule has 0 fully saturated rings. The van der Waals surface area contributed by atoms with Crippen LogP contribution in [0, 0.1) is 6.92 Å². The first-order valence-electron chi connectivity index (χ1n) is 5.15. The summed E-state index contributed by atoms with van der Waals surface area (Å²) < 4.78 is 9.76. The first-order valence-corrected chi connectivity index (χ1v) is 5.15. The van der Waals surface area contributed by atoms with E-state index < -0.39 is 5.97 Å². The van der Waals surface area contributed by atoms with E-state index in [1.165, 1.54) is 0 Å². The highest BCUT2D eigenvalue weighted by molar-refractivity contribution is 5.85. The summed E-state index contributed by atoms with van der Waals surface area (Å²) in [5.41, 5.74) is 1.46. The summed E-state index contributed by atoms with van der Waals surface area (Å²) in [5.74, 6) is -0.409. The highest BCUT2D eigenvalue weighted by Crippen LogP contribution is 2.19. The Balaban J connectivity index is 2.30. The Morgan fingerprint density at radius 2 is 2.35 bits per heavy atom. The fourth-order valence-electron chi connectivity index (χ4n) is 1.32. The van der Waals surface area contributed by atoms with Crippen LogP contribution in [0.3, 0.4) is 0 Å². The Bertz CT molecular complexity index is 536. The average molecular weight is 233 g/mol. The SMILES string of the molecule is CCOC(=O)c1noc(-c2cccnc2C)n1. The molecule has 2 heterocycles. The van der Waals surface area contributed by atoms with E-state index >= 15 is 0 Å². The Labute approximate surface area is 97.6 Å². The topological polar surface area (TPSA) is 78.1 Å². The molecule has 2 rings (SSSR count). The monoisotopic (exact) mass is 233 g/mol. The van der Waals surface area contributed by atoms with Crippen molar-refractivity contribution in [2.75, 3.05) is 6.61 Å². The molecular weight excluding hydrogens is 222 g/mol. The van der Waals surface area contributed by atoms with Crippen LogP contribution in [0.15, 0.2) is 22.9 Å². The number of aromatic nitrogens is 3. The molecule has 0 N–H and O–H groups in total. The second-order valence-corrected chi connectivity index (χ2v) is 3.28. The van der Waals surface area contributed by atoms with Gasteiger partial charge in [0.05, 0.1) is 12.2 Å². The van der Waals surface area contributed by atoms with E-state index in [4.69, 9.17) is 9.26 Å². The molecule has 0 radical (unpaired) electrons. The molecule has 0 spiro atoms. The number of nitrogens with zero attached hydrogens (tertiary/aromatic N) is 3. The summed E-state index contributed by atoms with van der Waals surface area (Å²) in [7, 11) is 0. The van der Waals surface area contributed by atoms with E-state index in [0.717, 1.165) is 5.69 Å². The third kappa shape index (κ3) is 2.30. The summed E-state index contributed by atoms with van der Waals surface area (Å²) >= 11 is 0.